The van der Waals surface area contributed by atoms with Gasteiger partial charge in [0.15, 0.2) is 0 Å². The topological polar surface area (TPSA) is 39.9 Å². The maximum absolute atomic E-state index is 6.78. The maximum atomic E-state index is 6.78. The van der Waals surface area contributed by atoms with Crippen LogP contribution in [0.3, 0.4) is 0 Å². The number of benzene rings is 5. The minimum atomic E-state index is -0.626. The van der Waals surface area contributed by atoms with E-state index in [1.807, 2.05) is 53.1 Å². The van der Waals surface area contributed by atoms with Crippen LogP contribution in [0, 0.1) is 13.8 Å². The fourth-order valence-corrected chi connectivity index (χ4v) is 8.05. The van der Waals surface area contributed by atoms with Crippen molar-refractivity contribution in [1.29, 1.82) is 0 Å². The molecule has 7 aromatic rings. The Balaban J connectivity index is 1.31. The van der Waals surface area contributed by atoms with Crippen molar-refractivity contribution in [1.82, 2.24) is 14.8 Å². The van der Waals surface area contributed by atoms with Gasteiger partial charge in [-0.1, -0.05) is 84.6 Å². The van der Waals surface area contributed by atoms with Crippen LogP contribution in [-0.4, -0.2) is 14.8 Å². The first kappa shape index (κ1) is 28.1. The van der Waals surface area contributed by atoms with Crippen molar-refractivity contribution in [3.05, 3.63) is 186 Å². The molecule has 5 aromatic carbocycles. The first-order valence-electron chi connectivity index (χ1n) is 15.4. The predicted octanol–water partition coefficient (Wildman–Crippen LogP) is 10.2. The van der Waals surface area contributed by atoms with Crippen LogP contribution in [0.2, 0.25) is 0 Å². The zero-order valence-electron chi connectivity index (χ0n) is 25.6. The highest BCUT2D eigenvalue weighted by Gasteiger charge is 2.45. The van der Waals surface area contributed by atoms with Gasteiger partial charge >= 0.3 is 0 Å². The van der Waals surface area contributed by atoms with Crippen molar-refractivity contribution in [2.75, 3.05) is 0 Å². The van der Waals surface area contributed by atoms with Crippen LogP contribution >= 0.6 is 11.8 Å². The van der Waals surface area contributed by atoms with Crippen molar-refractivity contribution in [3.63, 3.8) is 0 Å². The van der Waals surface area contributed by atoms with E-state index in [0.29, 0.717) is 0 Å². The highest BCUT2D eigenvalue weighted by molar-refractivity contribution is 7.99. The molecule has 5 heteroatoms. The Hall–Kier alpha value is -5.39. The normalized spacial score (nSPS) is 13.1. The summed E-state index contributed by atoms with van der Waals surface area (Å²) < 4.78 is 8.66. The van der Waals surface area contributed by atoms with E-state index < -0.39 is 5.41 Å². The SMILES string of the molecule is Cc1cccc(C)c1-c1cc(Oc2cccc(C3(c4ccccn4)c4ccccc4Sc4ccccc43)c2)cc(-n2cccn2)c1. The van der Waals surface area contributed by atoms with Crippen molar-refractivity contribution >= 4 is 11.8 Å². The molecule has 1 aliphatic heterocycles. The smallest absolute Gasteiger partial charge is 0.130 e. The van der Waals surface area contributed by atoms with Gasteiger partial charge in [-0.25, -0.2) is 4.68 Å². The van der Waals surface area contributed by atoms with E-state index in [2.05, 4.69) is 128 Å². The third-order valence-electron chi connectivity index (χ3n) is 8.78. The Morgan fingerprint density at radius 2 is 1.35 bits per heavy atom. The van der Waals surface area contributed by atoms with Crippen LogP contribution in [0.4, 0.5) is 0 Å². The second-order valence-electron chi connectivity index (χ2n) is 11.6. The summed E-state index contributed by atoms with van der Waals surface area (Å²) in [5, 5.41) is 4.53. The predicted molar refractivity (Wildman–Crippen MR) is 185 cm³/mol. The van der Waals surface area contributed by atoms with E-state index in [0.717, 1.165) is 34.0 Å². The molecule has 2 aromatic heterocycles. The number of hydrogen-bond acceptors (Lipinski definition) is 4. The Bertz CT molecular complexity index is 2120. The number of rotatable bonds is 6. The van der Waals surface area contributed by atoms with E-state index in [1.165, 1.54) is 37.6 Å². The number of fused-ring (bicyclic) bond motifs is 2. The summed E-state index contributed by atoms with van der Waals surface area (Å²) in [4.78, 5) is 7.45. The van der Waals surface area contributed by atoms with Crippen molar-refractivity contribution in [3.8, 4) is 28.3 Å². The number of aromatic nitrogens is 3. The summed E-state index contributed by atoms with van der Waals surface area (Å²) in [6.45, 7) is 4.31. The molecule has 1 aliphatic rings. The van der Waals surface area contributed by atoms with Crippen LogP contribution in [0.5, 0.6) is 11.5 Å². The van der Waals surface area contributed by atoms with Gasteiger partial charge in [0.25, 0.3) is 0 Å². The van der Waals surface area contributed by atoms with E-state index in [1.54, 1.807) is 6.20 Å². The maximum Gasteiger partial charge on any atom is 0.130 e. The number of aryl methyl sites for hydroxylation is 2. The molecule has 8 rings (SSSR count). The highest BCUT2D eigenvalue weighted by Crippen LogP contribution is 2.55. The Morgan fingerprint density at radius 1 is 0.630 bits per heavy atom. The Labute approximate surface area is 273 Å². The van der Waals surface area contributed by atoms with Crippen LogP contribution < -0.4 is 4.74 Å². The molecule has 222 valence electrons. The molecule has 3 heterocycles. The van der Waals surface area contributed by atoms with Gasteiger partial charge in [-0.05, 0) is 107 Å². The van der Waals surface area contributed by atoms with Gasteiger partial charge in [-0.15, -0.1) is 0 Å². The lowest BCUT2D eigenvalue weighted by atomic mass is 9.66. The molecule has 0 amide bonds. The minimum Gasteiger partial charge on any atom is -0.457 e. The highest BCUT2D eigenvalue weighted by atomic mass is 32.2. The number of ether oxygens (including phenoxy) is 1. The molecule has 0 aliphatic carbocycles. The van der Waals surface area contributed by atoms with E-state index >= 15 is 0 Å². The van der Waals surface area contributed by atoms with Gasteiger partial charge in [0.2, 0.25) is 0 Å². The van der Waals surface area contributed by atoms with E-state index in [4.69, 9.17) is 9.72 Å². The molecular formula is C41H31N3OS. The zero-order chi connectivity index (χ0) is 31.1. The average Bonchev–Trinajstić information content (AvgIpc) is 3.63. The molecule has 0 unspecified atom stereocenters. The first-order valence-corrected chi connectivity index (χ1v) is 16.2. The van der Waals surface area contributed by atoms with E-state index in [-0.39, 0.29) is 0 Å². The van der Waals surface area contributed by atoms with Crippen molar-refractivity contribution < 1.29 is 4.74 Å². The summed E-state index contributed by atoms with van der Waals surface area (Å²) in [5.74, 6) is 1.50. The monoisotopic (exact) mass is 613 g/mol. The van der Waals surface area contributed by atoms with Crippen LogP contribution in [0.1, 0.15) is 33.5 Å². The average molecular weight is 614 g/mol. The number of pyridine rings is 1. The molecule has 46 heavy (non-hydrogen) atoms. The minimum absolute atomic E-state index is 0.626. The van der Waals surface area contributed by atoms with Gasteiger partial charge in [0.05, 0.1) is 16.8 Å². The van der Waals surface area contributed by atoms with Gasteiger partial charge < -0.3 is 4.74 Å². The van der Waals surface area contributed by atoms with Crippen molar-refractivity contribution in [2.45, 2.75) is 29.1 Å². The van der Waals surface area contributed by atoms with Crippen molar-refractivity contribution in [2.24, 2.45) is 0 Å². The molecule has 0 saturated heterocycles. The Morgan fingerprint density at radius 3 is 2.04 bits per heavy atom. The summed E-state index contributed by atoms with van der Waals surface area (Å²) in [6.07, 6.45) is 5.64. The standard InChI is InChI=1S/C41H31N3OS/c1-28-12-9-13-29(2)40(28)30-24-32(44-23-11-22-43-44)27-34(25-30)45-33-15-10-14-31(26-33)41(39-20-7-8-21-42-39)35-16-3-5-18-37(35)46-38-19-6-4-17-36(38)41/h3-27H,1-2H3. The number of nitrogens with zero attached hydrogens (tertiary/aromatic N) is 3. The Kier molecular flexibility index (Phi) is 7.04. The fourth-order valence-electron chi connectivity index (χ4n) is 6.85. The summed E-state index contributed by atoms with van der Waals surface area (Å²) in [5.41, 5.74) is 9.55. The van der Waals surface area contributed by atoms with Gasteiger partial charge in [0, 0.05) is 34.4 Å². The van der Waals surface area contributed by atoms with Crippen LogP contribution in [0.25, 0.3) is 16.8 Å². The lowest BCUT2D eigenvalue weighted by Crippen LogP contribution is -2.34. The van der Waals surface area contributed by atoms with E-state index in [9.17, 15) is 0 Å². The quantitative estimate of drug-likeness (QED) is 0.187. The molecule has 0 saturated carbocycles. The molecule has 0 spiro atoms. The molecule has 0 N–H and O–H groups in total. The summed E-state index contributed by atoms with van der Waals surface area (Å²) >= 11 is 1.82. The molecule has 0 bridgehead atoms. The van der Waals surface area contributed by atoms with Gasteiger partial charge in [0.1, 0.15) is 11.5 Å². The third kappa shape index (κ3) is 4.72. The molecule has 4 nitrogen and oxygen atoms in total. The summed E-state index contributed by atoms with van der Waals surface area (Å²) in [6, 6.07) is 46.8. The second-order valence-corrected chi connectivity index (χ2v) is 12.7. The zero-order valence-corrected chi connectivity index (χ0v) is 26.4. The lowest BCUT2D eigenvalue weighted by molar-refractivity contribution is 0.480. The van der Waals surface area contributed by atoms with Gasteiger partial charge in [-0.3, -0.25) is 4.98 Å². The molecule has 0 radical (unpaired) electrons. The van der Waals surface area contributed by atoms with Crippen LogP contribution in [-0.2, 0) is 5.41 Å². The molecule has 0 atom stereocenters. The molecular weight excluding hydrogens is 583 g/mol. The largest absolute Gasteiger partial charge is 0.457 e. The fraction of sp³-hybridized carbons (Fsp3) is 0.0732. The lowest BCUT2D eigenvalue weighted by Gasteiger charge is -2.40. The molecule has 0 fully saturated rings. The van der Waals surface area contributed by atoms with Crippen LogP contribution in [0.15, 0.2) is 162 Å². The summed E-state index contributed by atoms with van der Waals surface area (Å²) in [7, 11) is 0. The first-order chi connectivity index (χ1) is 22.6. The number of hydrogen-bond donors (Lipinski definition) is 0. The van der Waals surface area contributed by atoms with Gasteiger partial charge in [-0.2, -0.15) is 5.10 Å². The third-order valence-corrected chi connectivity index (χ3v) is 9.94. The second kappa shape index (κ2) is 11.5.